The van der Waals surface area contributed by atoms with Crippen LogP contribution in [0.5, 0.6) is 0 Å². The molecule has 0 radical (unpaired) electrons. The molecule has 2 atom stereocenters. The predicted molar refractivity (Wildman–Crippen MR) is 71.2 cm³/mol. The van der Waals surface area contributed by atoms with Gasteiger partial charge in [-0.3, -0.25) is 4.90 Å². The molecule has 0 amide bonds. The Morgan fingerprint density at radius 1 is 1.28 bits per heavy atom. The number of hydrogen-bond donors (Lipinski definition) is 0. The fourth-order valence-electron chi connectivity index (χ4n) is 3.19. The Kier molecular flexibility index (Phi) is 5.43. The van der Waals surface area contributed by atoms with Crippen molar-refractivity contribution < 1.29 is 4.74 Å². The lowest BCUT2D eigenvalue weighted by atomic mass is 10.0. The lowest BCUT2D eigenvalue weighted by Crippen LogP contribution is -2.47. The fourth-order valence-corrected chi connectivity index (χ4v) is 3.19. The van der Waals surface area contributed by atoms with Gasteiger partial charge in [0.15, 0.2) is 0 Å². The average molecular weight is 251 g/mol. The molecule has 4 nitrogen and oxygen atoms in total. The third kappa shape index (κ3) is 3.68. The van der Waals surface area contributed by atoms with Gasteiger partial charge in [-0.25, -0.2) is 0 Å². The smallest absolute Gasteiger partial charge is 0.0669 e. The van der Waals surface area contributed by atoms with E-state index in [-0.39, 0.29) is 5.92 Å². The van der Waals surface area contributed by atoms with Crippen molar-refractivity contribution in [3.63, 3.8) is 0 Å². The van der Waals surface area contributed by atoms with Crippen LogP contribution in [0.15, 0.2) is 0 Å². The Bertz CT molecular complexity index is 289. The number of ether oxygens (including phenoxy) is 1. The molecule has 0 aromatic rings. The summed E-state index contributed by atoms with van der Waals surface area (Å²) in [6, 6.07) is 3.09. The Labute approximate surface area is 110 Å². The minimum Gasteiger partial charge on any atom is -0.385 e. The van der Waals surface area contributed by atoms with E-state index < -0.39 is 0 Å². The zero-order valence-electron chi connectivity index (χ0n) is 11.5. The van der Waals surface area contributed by atoms with E-state index in [1.165, 1.54) is 25.9 Å². The quantitative estimate of drug-likeness (QED) is 0.691. The number of piperidine rings is 1. The van der Waals surface area contributed by atoms with Crippen LogP contribution in [-0.2, 0) is 4.74 Å². The molecule has 4 heteroatoms. The van der Waals surface area contributed by atoms with E-state index in [0.717, 1.165) is 39.1 Å². The minimum absolute atomic E-state index is 0.272. The number of nitriles is 1. The van der Waals surface area contributed by atoms with Gasteiger partial charge in [-0.2, -0.15) is 5.26 Å². The summed E-state index contributed by atoms with van der Waals surface area (Å²) >= 11 is 0. The summed E-state index contributed by atoms with van der Waals surface area (Å²) in [5.41, 5.74) is 0. The van der Waals surface area contributed by atoms with E-state index >= 15 is 0 Å². The topological polar surface area (TPSA) is 39.5 Å². The first-order chi connectivity index (χ1) is 8.83. The number of likely N-dealkylation sites (tertiary alicyclic amines) is 2. The van der Waals surface area contributed by atoms with Crippen LogP contribution in [0.4, 0.5) is 0 Å². The Hall–Kier alpha value is -0.630. The maximum Gasteiger partial charge on any atom is 0.0669 e. The lowest BCUT2D eigenvalue weighted by molar-refractivity contribution is 0.103. The third-order valence-corrected chi connectivity index (χ3v) is 4.22. The first-order valence-corrected chi connectivity index (χ1v) is 7.18. The van der Waals surface area contributed by atoms with E-state index in [4.69, 9.17) is 10.00 Å². The highest BCUT2D eigenvalue weighted by atomic mass is 16.5. The molecule has 0 N–H and O–H groups in total. The standard InChI is InChI=1S/C14H25N3O/c1-18-9-3-7-16-6-2-4-14(12-16)17-8-5-13(10-15)11-17/h13-14H,2-9,11-12H2,1H3. The first kappa shape index (κ1) is 13.8. The van der Waals surface area contributed by atoms with Gasteiger partial charge < -0.3 is 9.64 Å². The minimum atomic E-state index is 0.272. The van der Waals surface area contributed by atoms with E-state index in [2.05, 4.69) is 15.9 Å². The Morgan fingerprint density at radius 2 is 2.17 bits per heavy atom. The molecule has 0 saturated carbocycles. The molecule has 102 valence electrons. The molecule has 2 heterocycles. The monoisotopic (exact) mass is 251 g/mol. The van der Waals surface area contributed by atoms with E-state index in [9.17, 15) is 0 Å². The van der Waals surface area contributed by atoms with Crippen LogP contribution in [0, 0.1) is 17.2 Å². The molecule has 2 fully saturated rings. The van der Waals surface area contributed by atoms with Crippen LogP contribution in [0.2, 0.25) is 0 Å². The van der Waals surface area contributed by atoms with Gasteiger partial charge in [0.05, 0.1) is 12.0 Å². The summed E-state index contributed by atoms with van der Waals surface area (Å²) < 4.78 is 5.12. The van der Waals surface area contributed by atoms with Crippen molar-refractivity contribution in [3.8, 4) is 6.07 Å². The molecule has 0 bridgehead atoms. The molecule has 0 aromatic heterocycles. The predicted octanol–water partition coefficient (Wildman–Crippen LogP) is 1.33. The number of rotatable bonds is 5. The van der Waals surface area contributed by atoms with E-state index in [0.29, 0.717) is 6.04 Å². The summed E-state index contributed by atoms with van der Waals surface area (Å²) in [5, 5.41) is 8.98. The molecule has 2 rings (SSSR count). The SMILES string of the molecule is COCCCN1CCCC(N2CCC(C#N)C2)C1. The molecule has 2 aliphatic heterocycles. The summed E-state index contributed by atoms with van der Waals surface area (Å²) in [6.45, 7) is 6.54. The summed E-state index contributed by atoms with van der Waals surface area (Å²) in [5.74, 6) is 0.272. The Morgan fingerprint density at radius 3 is 2.89 bits per heavy atom. The maximum absolute atomic E-state index is 8.98. The van der Waals surface area contributed by atoms with Crippen LogP contribution in [0.3, 0.4) is 0 Å². The number of hydrogen-bond acceptors (Lipinski definition) is 4. The highest BCUT2D eigenvalue weighted by Crippen LogP contribution is 2.23. The van der Waals surface area contributed by atoms with Crippen LogP contribution in [-0.4, -0.2) is 62.3 Å². The van der Waals surface area contributed by atoms with Crippen LogP contribution < -0.4 is 0 Å². The number of nitrogens with zero attached hydrogens (tertiary/aromatic N) is 3. The van der Waals surface area contributed by atoms with Gasteiger partial charge in [0, 0.05) is 39.4 Å². The molecule has 2 unspecified atom stereocenters. The van der Waals surface area contributed by atoms with Crippen molar-refractivity contribution in [3.05, 3.63) is 0 Å². The van der Waals surface area contributed by atoms with Crippen molar-refractivity contribution in [2.45, 2.75) is 31.7 Å². The fraction of sp³-hybridized carbons (Fsp3) is 0.929. The van der Waals surface area contributed by atoms with Gasteiger partial charge in [-0.15, -0.1) is 0 Å². The highest BCUT2D eigenvalue weighted by molar-refractivity contribution is 4.94. The van der Waals surface area contributed by atoms with Crippen LogP contribution >= 0.6 is 0 Å². The molecular formula is C14H25N3O. The molecule has 2 aliphatic rings. The molecule has 2 saturated heterocycles. The van der Waals surface area contributed by atoms with E-state index in [1.54, 1.807) is 7.11 Å². The number of methoxy groups -OCH3 is 1. The summed E-state index contributed by atoms with van der Waals surface area (Å²) in [4.78, 5) is 5.10. The summed E-state index contributed by atoms with van der Waals surface area (Å²) in [6.07, 6.45) is 4.80. The van der Waals surface area contributed by atoms with Gasteiger partial charge in [-0.05, 0) is 38.8 Å². The van der Waals surface area contributed by atoms with Crippen molar-refractivity contribution in [1.29, 1.82) is 5.26 Å². The lowest BCUT2D eigenvalue weighted by Gasteiger charge is -2.37. The van der Waals surface area contributed by atoms with Crippen LogP contribution in [0.25, 0.3) is 0 Å². The first-order valence-electron chi connectivity index (χ1n) is 7.18. The van der Waals surface area contributed by atoms with Crippen molar-refractivity contribution in [2.75, 3.05) is 46.4 Å². The van der Waals surface area contributed by atoms with Crippen molar-refractivity contribution in [1.82, 2.24) is 9.80 Å². The van der Waals surface area contributed by atoms with Gasteiger partial charge in [0.2, 0.25) is 0 Å². The van der Waals surface area contributed by atoms with Gasteiger partial charge in [-0.1, -0.05) is 0 Å². The molecular weight excluding hydrogens is 226 g/mol. The summed E-state index contributed by atoms with van der Waals surface area (Å²) in [7, 11) is 1.77. The maximum atomic E-state index is 8.98. The molecule has 0 aliphatic carbocycles. The normalized spacial score (nSPS) is 30.4. The zero-order valence-corrected chi connectivity index (χ0v) is 11.5. The van der Waals surface area contributed by atoms with Gasteiger partial charge in [0.25, 0.3) is 0 Å². The second-order valence-corrected chi connectivity index (χ2v) is 5.55. The third-order valence-electron chi connectivity index (χ3n) is 4.22. The zero-order chi connectivity index (χ0) is 12.8. The second-order valence-electron chi connectivity index (χ2n) is 5.55. The van der Waals surface area contributed by atoms with E-state index in [1.807, 2.05) is 0 Å². The largest absolute Gasteiger partial charge is 0.385 e. The van der Waals surface area contributed by atoms with Gasteiger partial charge in [0.1, 0.15) is 0 Å². The highest BCUT2D eigenvalue weighted by Gasteiger charge is 2.30. The van der Waals surface area contributed by atoms with Crippen molar-refractivity contribution >= 4 is 0 Å². The second kappa shape index (κ2) is 7.08. The average Bonchev–Trinajstić information content (AvgIpc) is 2.88. The molecule has 0 aromatic carbocycles. The Balaban J connectivity index is 1.75. The van der Waals surface area contributed by atoms with Crippen LogP contribution in [0.1, 0.15) is 25.7 Å². The molecule has 0 spiro atoms. The van der Waals surface area contributed by atoms with Crippen molar-refractivity contribution in [2.24, 2.45) is 5.92 Å². The molecule has 18 heavy (non-hydrogen) atoms. The van der Waals surface area contributed by atoms with Gasteiger partial charge >= 0.3 is 0 Å².